The van der Waals surface area contributed by atoms with Gasteiger partial charge in [-0.05, 0) is 44.1 Å². The van der Waals surface area contributed by atoms with Crippen molar-refractivity contribution in [3.8, 4) is 0 Å². The molecule has 0 bridgehead atoms. The molecule has 4 rings (SSSR count). The molecule has 0 saturated heterocycles. The summed E-state index contributed by atoms with van der Waals surface area (Å²) in [5.41, 5.74) is 3.55. The summed E-state index contributed by atoms with van der Waals surface area (Å²) in [5, 5.41) is 4.81. The molecule has 5 nitrogen and oxygen atoms in total. The minimum Gasteiger partial charge on any atom is -0.352 e. The van der Waals surface area contributed by atoms with Gasteiger partial charge in [0, 0.05) is 42.6 Å². The lowest BCUT2D eigenvalue weighted by Gasteiger charge is -2.15. The van der Waals surface area contributed by atoms with Crippen molar-refractivity contribution in [1.29, 1.82) is 0 Å². The van der Waals surface area contributed by atoms with E-state index >= 15 is 0 Å². The van der Waals surface area contributed by atoms with Crippen molar-refractivity contribution in [2.24, 2.45) is 13.0 Å². The fourth-order valence-corrected chi connectivity index (χ4v) is 4.60. The number of allylic oxidation sites excluding steroid dienone is 1. The first-order valence-electron chi connectivity index (χ1n) is 11.0. The van der Waals surface area contributed by atoms with Gasteiger partial charge in [-0.3, -0.25) is 9.59 Å². The first kappa shape index (κ1) is 20.5. The molecule has 1 N–H and O–H groups in total. The predicted molar refractivity (Wildman–Crippen MR) is 123 cm³/mol. The van der Waals surface area contributed by atoms with E-state index in [1.54, 1.807) is 10.8 Å². The van der Waals surface area contributed by atoms with Gasteiger partial charge in [0.2, 0.25) is 0 Å². The van der Waals surface area contributed by atoms with Gasteiger partial charge < -0.3 is 14.5 Å². The number of pyridine rings is 1. The molecule has 2 heterocycles. The maximum atomic E-state index is 13.3. The van der Waals surface area contributed by atoms with E-state index in [1.165, 1.54) is 18.4 Å². The second-order valence-electron chi connectivity index (χ2n) is 8.81. The number of fused-ring (bicyclic) bond motifs is 3. The first-order chi connectivity index (χ1) is 14.5. The quantitative estimate of drug-likeness (QED) is 0.601. The van der Waals surface area contributed by atoms with Crippen molar-refractivity contribution >= 4 is 27.7 Å². The van der Waals surface area contributed by atoms with Crippen LogP contribution in [0.2, 0.25) is 0 Å². The molecule has 0 fully saturated rings. The topological polar surface area (TPSA) is 56.0 Å². The molecule has 0 saturated carbocycles. The Morgan fingerprint density at radius 2 is 2.00 bits per heavy atom. The molecule has 5 heteroatoms. The van der Waals surface area contributed by atoms with Crippen LogP contribution in [-0.4, -0.2) is 21.6 Å². The van der Waals surface area contributed by atoms with E-state index in [0.717, 1.165) is 35.6 Å². The maximum absolute atomic E-state index is 13.3. The van der Waals surface area contributed by atoms with Crippen molar-refractivity contribution in [1.82, 2.24) is 14.5 Å². The Kier molecular flexibility index (Phi) is 5.80. The molecule has 0 unspecified atom stereocenters. The summed E-state index contributed by atoms with van der Waals surface area (Å²) in [6.45, 7) is 5.37. The van der Waals surface area contributed by atoms with Gasteiger partial charge in [0.05, 0.1) is 5.56 Å². The predicted octanol–water partition coefficient (Wildman–Crippen LogP) is 4.77. The number of amides is 1. The Morgan fingerprint density at radius 3 is 2.73 bits per heavy atom. The highest BCUT2D eigenvalue weighted by molar-refractivity contribution is 6.17. The summed E-state index contributed by atoms with van der Waals surface area (Å²) in [5.74, 6) is 0.203. The Hall–Kier alpha value is -2.82. The molecule has 1 aliphatic rings. The number of carbonyl (C=O) groups excluding carboxylic acids is 1. The molecular formula is C25H31N3O2. The highest BCUT2D eigenvalue weighted by Gasteiger charge is 2.21. The van der Waals surface area contributed by atoms with Crippen molar-refractivity contribution < 1.29 is 4.79 Å². The molecule has 2 aromatic heterocycles. The van der Waals surface area contributed by atoms with Gasteiger partial charge in [-0.15, -0.1) is 0 Å². The lowest BCUT2D eigenvalue weighted by molar-refractivity contribution is 0.0955. The van der Waals surface area contributed by atoms with Crippen LogP contribution in [0.15, 0.2) is 46.9 Å². The number of nitrogens with one attached hydrogen (secondary N) is 1. The largest absolute Gasteiger partial charge is 0.352 e. The number of hydrogen-bond acceptors (Lipinski definition) is 2. The van der Waals surface area contributed by atoms with Gasteiger partial charge in [-0.2, -0.15) is 0 Å². The van der Waals surface area contributed by atoms with Crippen LogP contribution in [0.3, 0.4) is 0 Å². The number of nitrogens with zero attached hydrogens (tertiary/aromatic N) is 2. The monoisotopic (exact) mass is 405 g/mol. The van der Waals surface area contributed by atoms with Gasteiger partial charge in [-0.25, -0.2) is 0 Å². The van der Waals surface area contributed by atoms with Crippen molar-refractivity contribution in [3.63, 3.8) is 0 Å². The number of hydrogen-bond donors (Lipinski definition) is 1. The van der Waals surface area contributed by atoms with Crippen LogP contribution in [0.4, 0.5) is 0 Å². The zero-order chi connectivity index (χ0) is 21.3. The Morgan fingerprint density at radius 1 is 1.20 bits per heavy atom. The summed E-state index contributed by atoms with van der Waals surface area (Å²) >= 11 is 0. The second-order valence-corrected chi connectivity index (χ2v) is 8.81. The zero-order valence-corrected chi connectivity index (χ0v) is 18.2. The van der Waals surface area contributed by atoms with E-state index in [0.29, 0.717) is 30.1 Å². The maximum Gasteiger partial charge on any atom is 0.275 e. The van der Waals surface area contributed by atoms with Gasteiger partial charge >= 0.3 is 0 Å². The summed E-state index contributed by atoms with van der Waals surface area (Å²) in [6, 6.07) is 7.91. The van der Waals surface area contributed by atoms with Gasteiger partial charge in [0.1, 0.15) is 5.52 Å². The number of aromatic nitrogens is 2. The molecule has 30 heavy (non-hydrogen) atoms. The summed E-state index contributed by atoms with van der Waals surface area (Å²) < 4.78 is 3.62. The minimum absolute atomic E-state index is 0.0405. The fraction of sp³-hybridized carbons (Fsp3) is 0.440. The normalized spacial score (nSPS) is 14.5. The Bertz CT molecular complexity index is 1180. The zero-order valence-electron chi connectivity index (χ0n) is 18.2. The average molecular weight is 406 g/mol. The number of carbonyl (C=O) groups is 1. The third-order valence-electron chi connectivity index (χ3n) is 6.05. The fourth-order valence-electron chi connectivity index (χ4n) is 4.60. The molecule has 1 aliphatic carbocycles. The standard InChI is InChI=1S/C25H31N3O2/c1-17(2)15-28-16-20(24(29)26-14-13-18-9-5-4-6-10-18)22-19-11-7-8-12-21(19)27(3)23(22)25(28)30/h7-9,11-12,16-17H,4-6,10,13-15H2,1-3H3,(H,26,29). The molecule has 1 aromatic carbocycles. The van der Waals surface area contributed by atoms with E-state index < -0.39 is 0 Å². The van der Waals surface area contributed by atoms with Crippen LogP contribution in [-0.2, 0) is 13.6 Å². The highest BCUT2D eigenvalue weighted by atomic mass is 16.2. The molecule has 1 amide bonds. The molecule has 0 aliphatic heterocycles. The van der Waals surface area contributed by atoms with Gasteiger partial charge in [0.15, 0.2) is 0 Å². The number of rotatable bonds is 6. The van der Waals surface area contributed by atoms with Crippen molar-refractivity contribution in [2.45, 2.75) is 52.5 Å². The summed E-state index contributed by atoms with van der Waals surface area (Å²) in [6.07, 6.45) is 9.79. The first-order valence-corrected chi connectivity index (χ1v) is 11.0. The second kappa shape index (κ2) is 8.50. The lowest BCUT2D eigenvalue weighted by atomic mass is 9.97. The average Bonchev–Trinajstić information content (AvgIpc) is 3.04. The van der Waals surface area contributed by atoms with Crippen molar-refractivity contribution in [2.75, 3.05) is 6.54 Å². The third kappa shape index (κ3) is 3.81. The van der Waals surface area contributed by atoms with Gasteiger partial charge in [0.25, 0.3) is 11.5 Å². The van der Waals surface area contributed by atoms with Crippen LogP contribution < -0.4 is 10.9 Å². The summed E-state index contributed by atoms with van der Waals surface area (Å²) in [4.78, 5) is 26.5. The van der Waals surface area contributed by atoms with Crippen LogP contribution in [0.5, 0.6) is 0 Å². The Balaban J connectivity index is 1.76. The Labute approximate surface area is 177 Å². The van der Waals surface area contributed by atoms with Crippen LogP contribution in [0.1, 0.15) is 56.3 Å². The van der Waals surface area contributed by atoms with Crippen LogP contribution in [0, 0.1) is 5.92 Å². The van der Waals surface area contributed by atoms with E-state index in [-0.39, 0.29) is 11.5 Å². The van der Waals surface area contributed by atoms with E-state index in [9.17, 15) is 9.59 Å². The molecule has 0 atom stereocenters. The smallest absolute Gasteiger partial charge is 0.275 e. The molecular weight excluding hydrogens is 374 g/mol. The van der Waals surface area contributed by atoms with Crippen molar-refractivity contribution in [3.05, 3.63) is 58.0 Å². The lowest BCUT2D eigenvalue weighted by Crippen LogP contribution is -2.29. The number of para-hydroxylation sites is 1. The van der Waals surface area contributed by atoms with E-state index in [2.05, 4.69) is 25.2 Å². The SMILES string of the molecule is CC(C)Cn1cc(C(=O)NCCC2=CCCCC2)c2c3ccccc3n(C)c2c1=O. The molecule has 3 aromatic rings. The molecule has 0 spiro atoms. The van der Waals surface area contributed by atoms with Crippen LogP contribution >= 0.6 is 0 Å². The third-order valence-corrected chi connectivity index (χ3v) is 6.05. The molecule has 158 valence electrons. The number of benzene rings is 1. The minimum atomic E-state index is -0.106. The van der Waals surface area contributed by atoms with Gasteiger partial charge in [-0.1, -0.05) is 43.7 Å². The highest BCUT2D eigenvalue weighted by Crippen LogP contribution is 2.29. The number of aryl methyl sites for hydroxylation is 1. The van der Waals surface area contributed by atoms with E-state index in [4.69, 9.17) is 0 Å². The molecule has 0 radical (unpaired) electrons. The van der Waals surface area contributed by atoms with Crippen LogP contribution in [0.25, 0.3) is 21.8 Å². The summed E-state index contributed by atoms with van der Waals surface area (Å²) in [7, 11) is 1.91. The van der Waals surface area contributed by atoms with E-state index in [1.807, 2.05) is 35.9 Å².